The van der Waals surface area contributed by atoms with Gasteiger partial charge in [0.1, 0.15) is 5.75 Å². The SMILES string of the molecule is Cc1ccc(NC(=O)[C@@H](C)Oc2ccc(N(C)S(C)(=O)=O)cc2)cc1N1CCCC1=O. The first-order valence-corrected chi connectivity index (χ1v) is 11.8. The molecule has 1 saturated heterocycles. The molecule has 2 aromatic rings. The van der Waals surface area contributed by atoms with Crippen LogP contribution >= 0.6 is 0 Å². The van der Waals surface area contributed by atoms with E-state index in [-0.39, 0.29) is 11.8 Å². The van der Waals surface area contributed by atoms with E-state index in [2.05, 4.69) is 5.32 Å². The molecule has 0 radical (unpaired) electrons. The summed E-state index contributed by atoms with van der Waals surface area (Å²) in [6.07, 6.45) is 1.72. The molecule has 1 atom stereocenters. The molecule has 166 valence electrons. The first kappa shape index (κ1) is 22.6. The zero-order valence-electron chi connectivity index (χ0n) is 18.1. The lowest BCUT2D eigenvalue weighted by Crippen LogP contribution is -2.30. The molecule has 0 bridgehead atoms. The number of sulfonamides is 1. The van der Waals surface area contributed by atoms with E-state index >= 15 is 0 Å². The van der Waals surface area contributed by atoms with Gasteiger partial charge in [-0.25, -0.2) is 8.42 Å². The minimum Gasteiger partial charge on any atom is -0.481 e. The molecule has 3 rings (SSSR count). The largest absolute Gasteiger partial charge is 0.481 e. The maximum absolute atomic E-state index is 12.6. The van der Waals surface area contributed by atoms with Gasteiger partial charge in [0, 0.05) is 31.4 Å². The predicted octanol–water partition coefficient (Wildman–Crippen LogP) is 2.92. The topological polar surface area (TPSA) is 96.0 Å². The number of benzene rings is 2. The molecule has 0 aliphatic carbocycles. The number of carbonyl (C=O) groups is 2. The third-order valence-electron chi connectivity index (χ3n) is 5.22. The summed E-state index contributed by atoms with van der Waals surface area (Å²) in [5.41, 5.74) is 2.86. The Hall–Kier alpha value is -3.07. The van der Waals surface area contributed by atoms with Gasteiger partial charge in [-0.2, -0.15) is 0 Å². The van der Waals surface area contributed by atoms with E-state index < -0.39 is 16.1 Å². The molecule has 1 heterocycles. The summed E-state index contributed by atoms with van der Waals surface area (Å²) in [6.45, 7) is 4.25. The summed E-state index contributed by atoms with van der Waals surface area (Å²) >= 11 is 0. The molecular weight excluding hydrogens is 418 g/mol. The van der Waals surface area contributed by atoms with Gasteiger partial charge in [-0.15, -0.1) is 0 Å². The Morgan fingerprint density at radius 1 is 1.19 bits per heavy atom. The van der Waals surface area contributed by atoms with Crippen LogP contribution in [0.25, 0.3) is 0 Å². The van der Waals surface area contributed by atoms with Gasteiger partial charge in [0.15, 0.2) is 6.10 Å². The Morgan fingerprint density at radius 2 is 1.87 bits per heavy atom. The van der Waals surface area contributed by atoms with Crippen LogP contribution in [-0.4, -0.2) is 46.2 Å². The summed E-state index contributed by atoms with van der Waals surface area (Å²) in [4.78, 5) is 26.4. The Morgan fingerprint density at radius 3 is 2.45 bits per heavy atom. The maximum Gasteiger partial charge on any atom is 0.265 e. The summed E-state index contributed by atoms with van der Waals surface area (Å²) in [5, 5.41) is 2.83. The van der Waals surface area contributed by atoms with Crippen molar-refractivity contribution in [2.75, 3.05) is 34.4 Å². The van der Waals surface area contributed by atoms with Crippen LogP contribution in [-0.2, 0) is 19.6 Å². The number of nitrogens with zero attached hydrogens (tertiary/aromatic N) is 2. The second-order valence-corrected chi connectivity index (χ2v) is 9.64. The number of amides is 2. The standard InChI is InChI=1S/C22H27N3O5S/c1-15-7-8-17(14-20(15)25-13-5-6-21(25)26)23-22(27)16(2)30-19-11-9-18(10-12-19)24(3)31(4,28)29/h7-12,14,16H,5-6,13H2,1-4H3,(H,23,27)/t16-/m1/s1. The van der Waals surface area contributed by atoms with E-state index in [1.165, 1.54) is 7.05 Å². The van der Waals surface area contributed by atoms with E-state index in [1.807, 2.05) is 13.0 Å². The molecule has 1 N–H and O–H groups in total. The van der Waals surface area contributed by atoms with Crippen molar-refractivity contribution < 1.29 is 22.7 Å². The van der Waals surface area contributed by atoms with Crippen LogP contribution in [0.3, 0.4) is 0 Å². The summed E-state index contributed by atoms with van der Waals surface area (Å²) in [7, 11) is -1.89. The van der Waals surface area contributed by atoms with Gasteiger partial charge in [-0.3, -0.25) is 13.9 Å². The fraction of sp³-hybridized carbons (Fsp3) is 0.364. The molecule has 9 heteroatoms. The van der Waals surface area contributed by atoms with Crippen molar-refractivity contribution in [1.82, 2.24) is 0 Å². The number of rotatable bonds is 7. The quantitative estimate of drug-likeness (QED) is 0.707. The summed E-state index contributed by atoms with van der Waals surface area (Å²) < 4.78 is 30.1. The summed E-state index contributed by atoms with van der Waals surface area (Å²) in [6, 6.07) is 11.9. The number of ether oxygens (including phenoxy) is 1. The highest BCUT2D eigenvalue weighted by Crippen LogP contribution is 2.28. The average molecular weight is 446 g/mol. The fourth-order valence-electron chi connectivity index (χ4n) is 3.31. The van der Waals surface area contributed by atoms with Crippen LogP contribution in [0, 0.1) is 6.92 Å². The van der Waals surface area contributed by atoms with Gasteiger partial charge in [-0.05, 0) is 62.2 Å². The zero-order valence-corrected chi connectivity index (χ0v) is 18.9. The number of anilines is 3. The fourth-order valence-corrected chi connectivity index (χ4v) is 3.81. The summed E-state index contributed by atoms with van der Waals surface area (Å²) in [5.74, 6) is 0.202. The zero-order chi connectivity index (χ0) is 22.8. The molecule has 2 aromatic carbocycles. The highest BCUT2D eigenvalue weighted by Gasteiger charge is 2.24. The van der Waals surface area contributed by atoms with Crippen molar-refractivity contribution in [3.8, 4) is 5.75 Å². The molecule has 0 saturated carbocycles. The predicted molar refractivity (Wildman–Crippen MR) is 121 cm³/mol. The molecule has 0 unspecified atom stereocenters. The smallest absolute Gasteiger partial charge is 0.265 e. The van der Waals surface area contributed by atoms with Gasteiger partial charge in [0.25, 0.3) is 5.91 Å². The van der Waals surface area contributed by atoms with Crippen LogP contribution in [0.15, 0.2) is 42.5 Å². The van der Waals surface area contributed by atoms with Crippen molar-refractivity contribution in [2.45, 2.75) is 32.8 Å². The molecule has 1 aliphatic rings. The maximum atomic E-state index is 12.6. The van der Waals surface area contributed by atoms with Gasteiger partial charge in [0.2, 0.25) is 15.9 Å². The highest BCUT2D eigenvalue weighted by molar-refractivity contribution is 7.92. The second kappa shape index (κ2) is 8.97. The minimum atomic E-state index is -3.35. The molecule has 2 amide bonds. The lowest BCUT2D eigenvalue weighted by molar-refractivity contribution is -0.122. The van der Waals surface area contributed by atoms with Gasteiger partial charge in [-0.1, -0.05) is 6.07 Å². The number of nitrogens with one attached hydrogen (secondary N) is 1. The van der Waals surface area contributed by atoms with Crippen molar-refractivity contribution in [1.29, 1.82) is 0 Å². The average Bonchev–Trinajstić information content (AvgIpc) is 3.14. The van der Waals surface area contributed by atoms with Crippen molar-refractivity contribution in [2.24, 2.45) is 0 Å². The molecular formula is C22H27N3O5S. The van der Waals surface area contributed by atoms with E-state index in [0.29, 0.717) is 30.1 Å². The molecule has 31 heavy (non-hydrogen) atoms. The van der Waals surface area contributed by atoms with Gasteiger partial charge >= 0.3 is 0 Å². The Balaban J connectivity index is 1.65. The van der Waals surface area contributed by atoms with Crippen LogP contribution in [0.5, 0.6) is 5.75 Å². The highest BCUT2D eigenvalue weighted by atomic mass is 32.2. The lowest BCUT2D eigenvalue weighted by atomic mass is 10.1. The van der Waals surface area contributed by atoms with Crippen LogP contribution < -0.4 is 19.3 Å². The lowest BCUT2D eigenvalue weighted by Gasteiger charge is -2.20. The van der Waals surface area contributed by atoms with Crippen molar-refractivity contribution in [3.63, 3.8) is 0 Å². The molecule has 8 nitrogen and oxygen atoms in total. The molecule has 1 fully saturated rings. The van der Waals surface area contributed by atoms with Gasteiger partial charge < -0.3 is 15.0 Å². The number of aryl methyl sites for hydroxylation is 1. The van der Waals surface area contributed by atoms with Crippen molar-refractivity contribution >= 4 is 38.9 Å². The number of hydrogen-bond acceptors (Lipinski definition) is 5. The van der Waals surface area contributed by atoms with E-state index in [4.69, 9.17) is 4.74 Å². The van der Waals surface area contributed by atoms with E-state index in [9.17, 15) is 18.0 Å². The minimum absolute atomic E-state index is 0.0910. The first-order valence-electron chi connectivity index (χ1n) is 9.99. The molecule has 0 aromatic heterocycles. The van der Waals surface area contributed by atoms with Crippen LogP contribution in [0.1, 0.15) is 25.3 Å². The third-order valence-corrected chi connectivity index (χ3v) is 6.43. The Labute approximate surface area is 182 Å². The Kier molecular flexibility index (Phi) is 6.54. The normalized spacial score (nSPS) is 15.0. The first-order chi connectivity index (χ1) is 14.6. The number of hydrogen-bond donors (Lipinski definition) is 1. The third kappa shape index (κ3) is 5.35. The number of carbonyl (C=O) groups excluding carboxylic acids is 2. The van der Waals surface area contributed by atoms with Crippen LogP contribution in [0.2, 0.25) is 0 Å². The van der Waals surface area contributed by atoms with Crippen molar-refractivity contribution in [3.05, 3.63) is 48.0 Å². The van der Waals surface area contributed by atoms with E-state index in [1.54, 1.807) is 48.2 Å². The monoisotopic (exact) mass is 445 g/mol. The molecule has 1 aliphatic heterocycles. The van der Waals surface area contributed by atoms with Crippen LogP contribution in [0.4, 0.5) is 17.1 Å². The van der Waals surface area contributed by atoms with Gasteiger partial charge in [0.05, 0.1) is 11.9 Å². The second-order valence-electron chi connectivity index (χ2n) is 7.62. The molecule has 0 spiro atoms. The Bertz CT molecular complexity index is 1080. The van der Waals surface area contributed by atoms with E-state index in [0.717, 1.165) is 28.2 Å².